The van der Waals surface area contributed by atoms with Crippen molar-refractivity contribution in [2.24, 2.45) is 0 Å². The van der Waals surface area contributed by atoms with Crippen LogP contribution in [0.2, 0.25) is 0 Å². The quantitative estimate of drug-likeness (QED) is 0.449. The summed E-state index contributed by atoms with van der Waals surface area (Å²) in [5, 5.41) is 0. The SMILES string of the molecule is COCCCCOc1ccc(F)cc1C#CCCl. The van der Waals surface area contributed by atoms with E-state index in [1.165, 1.54) is 12.1 Å². The van der Waals surface area contributed by atoms with Crippen molar-refractivity contribution in [3.8, 4) is 17.6 Å². The van der Waals surface area contributed by atoms with Crippen LogP contribution in [0.3, 0.4) is 0 Å². The van der Waals surface area contributed by atoms with Crippen LogP contribution in [0.25, 0.3) is 0 Å². The van der Waals surface area contributed by atoms with Gasteiger partial charge in [0.25, 0.3) is 0 Å². The molecule has 0 radical (unpaired) electrons. The van der Waals surface area contributed by atoms with E-state index < -0.39 is 0 Å². The third kappa shape index (κ3) is 5.39. The van der Waals surface area contributed by atoms with Crippen LogP contribution in [-0.4, -0.2) is 26.2 Å². The Hall–Kier alpha value is -1.24. The van der Waals surface area contributed by atoms with Crippen molar-refractivity contribution >= 4 is 11.6 Å². The molecule has 1 aromatic rings. The van der Waals surface area contributed by atoms with E-state index in [0.29, 0.717) is 24.5 Å². The lowest BCUT2D eigenvalue weighted by molar-refractivity contribution is 0.184. The first-order valence-electron chi connectivity index (χ1n) is 5.74. The first kappa shape index (κ1) is 14.8. The van der Waals surface area contributed by atoms with Crippen LogP contribution in [0, 0.1) is 17.7 Å². The zero-order valence-corrected chi connectivity index (χ0v) is 11.1. The molecule has 0 aliphatic carbocycles. The van der Waals surface area contributed by atoms with Gasteiger partial charge in [-0.15, -0.1) is 11.6 Å². The Bertz CT molecular complexity index is 424. The van der Waals surface area contributed by atoms with E-state index in [1.54, 1.807) is 13.2 Å². The second-order valence-corrected chi connectivity index (χ2v) is 3.89. The minimum absolute atomic E-state index is 0.212. The van der Waals surface area contributed by atoms with Gasteiger partial charge in [-0.05, 0) is 31.0 Å². The van der Waals surface area contributed by atoms with E-state index in [2.05, 4.69) is 11.8 Å². The summed E-state index contributed by atoms with van der Waals surface area (Å²) in [4.78, 5) is 0. The summed E-state index contributed by atoms with van der Waals surface area (Å²) < 4.78 is 23.6. The van der Waals surface area contributed by atoms with Crippen LogP contribution in [0.15, 0.2) is 18.2 Å². The number of hydrogen-bond donors (Lipinski definition) is 0. The van der Waals surface area contributed by atoms with Crippen molar-refractivity contribution in [3.63, 3.8) is 0 Å². The lowest BCUT2D eigenvalue weighted by atomic mass is 10.2. The van der Waals surface area contributed by atoms with Gasteiger partial charge in [-0.1, -0.05) is 11.8 Å². The van der Waals surface area contributed by atoms with Crippen LogP contribution in [0.4, 0.5) is 4.39 Å². The number of ether oxygens (including phenoxy) is 2. The summed E-state index contributed by atoms with van der Waals surface area (Å²) in [6, 6.07) is 4.30. The van der Waals surface area contributed by atoms with Crippen molar-refractivity contribution in [3.05, 3.63) is 29.6 Å². The van der Waals surface area contributed by atoms with E-state index in [9.17, 15) is 4.39 Å². The van der Waals surface area contributed by atoms with Crippen LogP contribution in [0.1, 0.15) is 18.4 Å². The molecule has 18 heavy (non-hydrogen) atoms. The Morgan fingerprint density at radius 3 is 2.78 bits per heavy atom. The normalized spacial score (nSPS) is 9.72. The van der Waals surface area contributed by atoms with E-state index in [-0.39, 0.29) is 11.7 Å². The predicted octanol–water partition coefficient (Wildman–Crippen LogP) is 3.22. The number of unbranched alkanes of at least 4 members (excludes halogenated alkanes) is 1. The van der Waals surface area contributed by atoms with Gasteiger partial charge in [0.05, 0.1) is 18.1 Å². The molecule has 0 unspecified atom stereocenters. The van der Waals surface area contributed by atoms with Gasteiger partial charge in [0.15, 0.2) is 0 Å². The van der Waals surface area contributed by atoms with Crippen molar-refractivity contribution in [2.75, 3.05) is 26.2 Å². The molecule has 0 atom stereocenters. The topological polar surface area (TPSA) is 18.5 Å². The molecular formula is C14H16ClFO2. The van der Waals surface area contributed by atoms with Gasteiger partial charge in [0.1, 0.15) is 11.6 Å². The number of benzene rings is 1. The molecule has 4 heteroatoms. The van der Waals surface area contributed by atoms with E-state index in [1.807, 2.05) is 0 Å². The van der Waals surface area contributed by atoms with E-state index in [4.69, 9.17) is 21.1 Å². The number of alkyl halides is 1. The van der Waals surface area contributed by atoms with Gasteiger partial charge < -0.3 is 9.47 Å². The van der Waals surface area contributed by atoms with Crippen molar-refractivity contribution in [1.29, 1.82) is 0 Å². The Morgan fingerprint density at radius 2 is 2.06 bits per heavy atom. The average Bonchev–Trinajstić information content (AvgIpc) is 2.38. The van der Waals surface area contributed by atoms with Crippen LogP contribution in [0.5, 0.6) is 5.75 Å². The molecule has 0 bridgehead atoms. The van der Waals surface area contributed by atoms with Crippen LogP contribution < -0.4 is 4.74 Å². The smallest absolute Gasteiger partial charge is 0.135 e. The van der Waals surface area contributed by atoms with E-state index in [0.717, 1.165) is 12.8 Å². The fourth-order valence-electron chi connectivity index (χ4n) is 1.38. The molecule has 0 N–H and O–H groups in total. The molecule has 1 rings (SSSR count). The zero-order chi connectivity index (χ0) is 13.2. The molecule has 0 saturated carbocycles. The van der Waals surface area contributed by atoms with Gasteiger partial charge in [0, 0.05) is 13.7 Å². The summed E-state index contributed by atoms with van der Waals surface area (Å²) >= 11 is 5.48. The summed E-state index contributed by atoms with van der Waals surface area (Å²) in [5.41, 5.74) is 0.530. The maximum Gasteiger partial charge on any atom is 0.135 e. The third-order valence-corrected chi connectivity index (χ3v) is 2.37. The summed E-state index contributed by atoms with van der Waals surface area (Å²) in [6.07, 6.45) is 1.81. The lowest BCUT2D eigenvalue weighted by Gasteiger charge is -2.08. The molecule has 0 aliphatic heterocycles. The highest BCUT2D eigenvalue weighted by molar-refractivity contribution is 6.19. The van der Waals surface area contributed by atoms with Crippen LogP contribution in [-0.2, 0) is 4.74 Å². The average molecular weight is 271 g/mol. The summed E-state index contributed by atoms with van der Waals surface area (Å²) in [5.74, 6) is 5.94. The van der Waals surface area contributed by atoms with Gasteiger partial charge in [-0.2, -0.15) is 0 Å². The molecule has 0 fully saturated rings. The second-order valence-electron chi connectivity index (χ2n) is 3.62. The molecule has 98 valence electrons. The molecular weight excluding hydrogens is 255 g/mol. The summed E-state index contributed by atoms with van der Waals surface area (Å²) in [6.45, 7) is 1.27. The Kier molecular flexibility index (Phi) is 7.24. The molecule has 1 aromatic carbocycles. The van der Waals surface area contributed by atoms with Crippen LogP contribution >= 0.6 is 11.6 Å². The Morgan fingerprint density at radius 1 is 1.28 bits per heavy atom. The van der Waals surface area contributed by atoms with Crippen molar-refractivity contribution in [2.45, 2.75) is 12.8 Å². The third-order valence-electron chi connectivity index (χ3n) is 2.23. The number of halogens is 2. The fourth-order valence-corrected chi connectivity index (χ4v) is 1.45. The molecule has 0 aliphatic rings. The highest BCUT2D eigenvalue weighted by Gasteiger charge is 2.03. The summed E-state index contributed by atoms with van der Waals surface area (Å²) in [7, 11) is 1.67. The first-order chi connectivity index (χ1) is 8.77. The highest BCUT2D eigenvalue weighted by atomic mass is 35.5. The van der Waals surface area contributed by atoms with Gasteiger partial charge >= 0.3 is 0 Å². The highest BCUT2D eigenvalue weighted by Crippen LogP contribution is 2.19. The molecule has 0 aromatic heterocycles. The minimum Gasteiger partial charge on any atom is -0.492 e. The van der Waals surface area contributed by atoms with Gasteiger partial charge in [-0.25, -0.2) is 4.39 Å². The zero-order valence-electron chi connectivity index (χ0n) is 10.3. The molecule has 0 saturated heterocycles. The number of methoxy groups -OCH3 is 1. The van der Waals surface area contributed by atoms with Crippen molar-refractivity contribution in [1.82, 2.24) is 0 Å². The van der Waals surface area contributed by atoms with Gasteiger partial charge in [-0.3, -0.25) is 0 Å². The van der Waals surface area contributed by atoms with Gasteiger partial charge in [0.2, 0.25) is 0 Å². The number of hydrogen-bond acceptors (Lipinski definition) is 2. The molecule has 2 nitrogen and oxygen atoms in total. The monoisotopic (exact) mass is 270 g/mol. The van der Waals surface area contributed by atoms with E-state index >= 15 is 0 Å². The largest absolute Gasteiger partial charge is 0.492 e. The predicted molar refractivity (Wildman–Crippen MR) is 70.6 cm³/mol. The Balaban J connectivity index is 2.58. The standard InChI is InChI=1S/C14H16ClFO2/c1-17-9-2-3-10-18-14-7-6-13(16)11-12(14)5-4-8-15/h6-7,11H,2-3,8-10H2,1H3. The molecule has 0 amide bonds. The second kappa shape index (κ2) is 8.79. The fraction of sp³-hybridized carbons (Fsp3) is 0.429. The molecule has 0 heterocycles. The first-order valence-corrected chi connectivity index (χ1v) is 6.27. The Labute approximate surface area is 112 Å². The lowest BCUT2D eigenvalue weighted by Crippen LogP contribution is -2.01. The molecule has 0 spiro atoms. The van der Waals surface area contributed by atoms with Crippen molar-refractivity contribution < 1.29 is 13.9 Å². The maximum absolute atomic E-state index is 13.1. The maximum atomic E-state index is 13.1. The number of rotatable bonds is 6. The minimum atomic E-state index is -0.333.